The van der Waals surface area contributed by atoms with E-state index < -0.39 is 0 Å². The van der Waals surface area contributed by atoms with Gasteiger partial charge in [0.25, 0.3) is 5.91 Å². The number of piperidine rings is 1. The number of nitrogens with one attached hydrogen (secondary N) is 2. The number of likely N-dealkylation sites (tertiary alicyclic amines) is 1. The summed E-state index contributed by atoms with van der Waals surface area (Å²) in [6, 6.07) is 21.9. The van der Waals surface area contributed by atoms with E-state index in [1.165, 1.54) is 0 Å². The van der Waals surface area contributed by atoms with Crippen LogP contribution in [0.1, 0.15) is 59.3 Å². The Bertz CT molecular complexity index is 1860. The zero-order valence-electron chi connectivity index (χ0n) is 29.7. The van der Waals surface area contributed by atoms with Crippen molar-refractivity contribution in [1.29, 1.82) is 0 Å². The maximum absolute atomic E-state index is 14.3. The van der Waals surface area contributed by atoms with Crippen molar-refractivity contribution in [3.8, 4) is 23.0 Å². The van der Waals surface area contributed by atoms with E-state index in [0.717, 1.165) is 72.0 Å². The van der Waals surface area contributed by atoms with Gasteiger partial charge in [0.15, 0.2) is 11.5 Å². The number of furan rings is 1. The number of carbonyl (C=O) groups excluding carboxylic acids is 1. The van der Waals surface area contributed by atoms with E-state index in [2.05, 4.69) is 46.4 Å². The van der Waals surface area contributed by atoms with E-state index in [1.807, 2.05) is 42.3 Å². The number of nitrogens with zero attached hydrogens (tertiary/aromatic N) is 3. The summed E-state index contributed by atoms with van der Waals surface area (Å²) in [6.45, 7) is 3.75. The molecule has 2 unspecified atom stereocenters. The number of anilines is 1. The first-order chi connectivity index (χ1) is 24.4. The molecule has 1 saturated heterocycles. The van der Waals surface area contributed by atoms with Gasteiger partial charge in [-0.2, -0.15) is 0 Å². The lowest BCUT2D eigenvalue weighted by atomic mass is 9.89. The highest BCUT2D eigenvalue weighted by atomic mass is 16.5. The summed E-state index contributed by atoms with van der Waals surface area (Å²) in [5, 5.41) is 3.67. The van der Waals surface area contributed by atoms with Crippen LogP contribution in [0.2, 0.25) is 0 Å². The average molecular weight is 682 g/mol. The molecule has 2 N–H and O–H groups in total. The van der Waals surface area contributed by atoms with Gasteiger partial charge < -0.3 is 38.6 Å². The number of aromatic amines is 1. The van der Waals surface area contributed by atoms with E-state index >= 15 is 0 Å². The Labute approximate surface area is 293 Å². The van der Waals surface area contributed by atoms with Crippen LogP contribution in [0.15, 0.2) is 77.4 Å². The molecule has 2 atom stereocenters. The largest absolute Gasteiger partial charge is 0.497 e. The number of para-hydroxylation sites is 1. The number of methoxy groups -OCH3 is 4. The standard InChI is InChI=1S/C39H47N5O6/c1-7-31(25-11-8-13-29(21-25)46-3)37(43(2)38(45)27-23-33(47-4)36(49-6)34(24-27)48-5)44-18-16-28(17-19-44)40-39-41-32-15-9-12-26(35(32)42-39)22-30-14-10-20-50-30/h8-15,20-21,23-24,28,31,37H,7,16-19,22H2,1-6H3,(H2,40,41,42). The van der Waals surface area contributed by atoms with Gasteiger partial charge in [0.1, 0.15) is 11.5 Å². The quantitative estimate of drug-likeness (QED) is 0.129. The minimum atomic E-state index is -0.227. The third-order valence-electron chi connectivity index (χ3n) is 9.74. The van der Waals surface area contributed by atoms with Crippen molar-refractivity contribution in [2.24, 2.45) is 0 Å². The number of hydrogen-bond donors (Lipinski definition) is 2. The molecule has 1 aliphatic heterocycles. The van der Waals surface area contributed by atoms with Crippen molar-refractivity contribution in [3.63, 3.8) is 0 Å². The topological polar surface area (TPSA) is 114 Å². The maximum Gasteiger partial charge on any atom is 0.255 e. The Morgan fingerprint density at radius 2 is 1.72 bits per heavy atom. The van der Waals surface area contributed by atoms with Crippen molar-refractivity contribution >= 4 is 22.9 Å². The van der Waals surface area contributed by atoms with Crippen molar-refractivity contribution in [2.75, 3.05) is 53.9 Å². The van der Waals surface area contributed by atoms with Gasteiger partial charge in [0.05, 0.1) is 51.9 Å². The molecule has 50 heavy (non-hydrogen) atoms. The summed E-state index contributed by atoms with van der Waals surface area (Å²) >= 11 is 0. The normalized spacial score (nSPS) is 15.0. The molecule has 1 fully saturated rings. The summed E-state index contributed by atoms with van der Waals surface area (Å²) in [4.78, 5) is 27.1. The summed E-state index contributed by atoms with van der Waals surface area (Å²) in [6.07, 6.45) is 4.74. The molecular formula is C39H47N5O6. The van der Waals surface area contributed by atoms with Crippen LogP contribution < -0.4 is 24.3 Å². The number of fused-ring (bicyclic) bond motifs is 1. The molecule has 1 amide bonds. The molecule has 0 spiro atoms. The number of imidazole rings is 1. The molecule has 3 heterocycles. The highest BCUT2D eigenvalue weighted by Crippen LogP contribution is 2.39. The van der Waals surface area contributed by atoms with Crippen molar-refractivity contribution in [2.45, 2.75) is 50.7 Å². The third kappa shape index (κ3) is 7.23. The second-order valence-corrected chi connectivity index (χ2v) is 12.6. The molecule has 264 valence electrons. The fourth-order valence-corrected chi connectivity index (χ4v) is 7.19. The second kappa shape index (κ2) is 15.6. The predicted molar refractivity (Wildman–Crippen MR) is 194 cm³/mol. The molecule has 1 aliphatic rings. The molecule has 6 rings (SSSR count). The third-order valence-corrected chi connectivity index (χ3v) is 9.74. The lowest BCUT2D eigenvalue weighted by Crippen LogP contribution is -2.55. The first kappa shape index (κ1) is 34.7. The monoisotopic (exact) mass is 681 g/mol. The summed E-state index contributed by atoms with van der Waals surface area (Å²) in [7, 11) is 8.22. The second-order valence-electron chi connectivity index (χ2n) is 12.6. The van der Waals surface area contributed by atoms with Crippen molar-refractivity contribution < 1.29 is 28.2 Å². The number of benzene rings is 3. The molecule has 0 radical (unpaired) electrons. The molecule has 3 aromatic carbocycles. The van der Waals surface area contributed by atoms with E-state index in [4.69, 9.17) is 28.3 Å². The number of likely N-dealkylation sites (N-methyl/N-ethyl adjacent to an activating group) is 1. The van der Waals surface area contributed by atoms with E-state index in [1.54, 1.807) is 46.8 Å². The SMILES string of the molecule is CCC(c1cccc(OC)c1)C(N1CCC(Nc2nc3c(Cc4ccco4)cccc3[nH]2)CC1)N(C)C(=O)c1cc(OC)c(OC)c(OC)c1. The zero-order chi connectivity index (χ0) is 35.2. The average Bonchev–Trinajstić information content (AvgIpc) is 3.83. The Morgan fingerprint density at radius 3 is 2.36 bits per heavy atom. The molecule has 0 bridgehead atoms. The number of carbonyl (C=O) groups is 1. The van der Waals surface area contributed by atoms with E-state index in [0.29, 0.717) is 29.2 Å². The van der Waals surface area contributed by atoms with Gasteiger partial charge in [-0.05, 0) is 72.9 Å². The predicted octanol–water partition coefficient (Wildman–Crippen LogP) is 6.95. The minimum absolute atomic E-state index is 0.0218. The first-order valence-electron chi connectivity index (χ1n) is 17.1. The zero-order valence-corrected chi connectivity index (χ0v) is 29.7. The van der Waals surface area contributed by atoms with Gasteiger partial charge in [-0.3, -0.25) is 9.69 Å². The molecule has 5 aromatic rings. The number of aromatic nitrogens is 2. The number of ether oxygens (including phenoxy) is 4. The Hall–Kier alpha value is -5.16. The van der Waals surface area contributed by atoms with Gasteiger partial charge in [0.2, 0.25) is 11.7 Å². The van der Waals surface area contributed by atoms with Crippen LogP contribution in [-0.4, -0.2) is 86.5 Å². The number of rotatable bonds is 14. The Morgan fingerprint density at radius 1 is 0.980 bits per heavy atom. The van der Waals surface area contributed by atoms with Gasteiger partial charge in [-0.1, -0.05) is 31.2 Å². The smallest absolute Gasteiger partial charge is 0.255 e. The van der Waals surface area contributed by atoms with Gasteiger partial charge in [0, 0.05) is 44.1 Å². The van der Waals surface area contributed by atoms with Crippen LogP contribution in [0.25, 0.3) is 11.0 Å². The molecule has 11 nitrogen and oxygen atoms in total. The van der Waals surface area contributed by atoms with Gasteiger partial charge in [-0.15, -0.1) is 0 Å². The lowest BCUT2D eigenvalue weighted by molar-refractivity contribution is 0.0200. The van der Waals surface area contributed by atoms with Gasteiger partial charge in [-0.25, -0.2) is 4.98 Å². The highest BCUT2D eigenvalue weighted by Gasteiger charge is 2.37. The van der Waals surface area contributed by atoms with Crippen molar-refractivity contribution in [3.05, 3.63) is 95.4 Å². The molecule has 11 heteroatoms. The minimum Gasteiger partial charge on any atom is -0.497 e. The van der Waals surface area contributed by atoms with Gasteiger partial charge >= 0.3 is 0 Å². The van der Waals surface area contributed by atoms with Crippen LogP contribution in [0.3, 0.4) is 0 Å². The number of amides is 1. The van der Waals surface area contributed by atoms with Crippen LogP contribution in [-0.2, 0) is 6.42 Å². The number of H-pyrrole nitrogens is 1. The Kier molecular flexibility index (Phi) is 10.8. The summed E-state index contributed by atoms with van der Waals surface area (Å²) in [5.41, 5.74) is 4.63. The van der Waals surface area contributed by atoms with Crippen LogP contribution in [0.5, 0.6) is 23.0 Å². The summed E-state index contributed by atoms with van der Waals surface area (Å²) < 4.78 is 27.9. The molecule has 0 saturated carbocycles. The lowest BCUT2D eigenvalue weighted by Gasteiger charge is -2.45. The maximum atomic E-state index is 14.3. The fourth-order valence-electron chi connectivity index (χ4n) is 7.19. The van der Waals surface area contributed by atoms with Crippen LogP contribution >= 0.6 is 0 Å². The summed E-state index contributed by atoms with van der Waals surface area (Å²) in [5.74, 6) is 3.67. The highest BCUT2D eigenvalue weighted by molar-refractivity contribution is 5.95. The van der Waals surface area contributed by atoms with E-state index in [-0.39, 0.29) is 24.0 Å². The van der Waals surface area contributed by atoms with Crippen LogP contribution in [0, 0.1) is 0 Å². The molecule has 2 aromatic heterocycles. The fraction of sp³-hybridized carbons (Fsp3) is 0.385. The van der Waals surface area contributed by atoms with Crippen molar-refractivity contribution in [1.82, 2.24) is 19.8 Å². The molecular weight excluding hydrogens is 634 g/mol. The Balaban J connectivity index is 1.24. The van der Waals surface area contributed by atoms with E-state index in [9.17, 15) is 4.79 Å². The first-order valence-corrected chi connectivity index (χ1v) is 17.1. The molecule has 0 aliphatic carbocycles. The van der Waals surface area contributed by atoms with Crippen LogP contribution in [0.4, 0.5) is 5.95 Å². The number of hydrogen-bond acceptors (Lipinski definition) is 9.